The van der Waals surface area contributed by atoms with Crippen molar-refractivity contribution < 1.29 is 17.9 Å². The molecule has 148 valence electrons. The average Bonchev–Trinajstić information content (AvgIpc) is 2.72. The van der Waals surface area contributed by atoms with Gasteiger partial charge in [-0.05, 0) is 53.6 Å². The van der Waals surface area contributed by atoms with Gasteiger partial charge in [0.05, 0.1) is 11.5 Å². The van der Waals surface area contributed by atoms with Crippen molar-refractivity contribution in [3.8, 4) is 11.5 Å². The predicted octanol–water partition coefficient (Wildman–Crippen LogP) is 4.38. The number of benzene rings is 3. The van der Waals surface area contributed by atoms with E-state index in [1.54, 1.807) is 12.1 Å². The van der Waals surface area contributed by atoms with Crippen LogP contribution in [-0.4, -0.2) is 28.2 Å². The van der Waals surface area contributed by atoms with Crippen LogP contribution in [0.3, 0.4) is 0 Å². The van der Waals surface area contributed by atoms with E-state index in [1.165, 1.54) is 0 Å². The van der Waals surface area contributed by atoms with Gasteiger partial charge in [-0.1, -0.05) is 43.7 Å². The van der Waals surface area contributed by atoms with Gasteiger partial charge in [-0.15, -0.1) is 0 Å². The van der Waals surface area contributed by atoms with E-state index in [-0.39, 0.29) is 18.0 Å². The zero-order chi connectivity index (χ0) is 19.8. The lowest BCUT2D eigenvalue weighted by Gasteiger charge is -2.10. The molecule has 5 nitrogen and oxygen atoms in total. The maximum Gasteiger partial charge on any atom is 0.240 e. The van der Waals surface area contributed by atoms with Gasteiger partial charge in [0, 0.05) is 6.54 Å². The fraction of sp³-hybridized carbons (Fsp3) is 0.273. The van der Waals surface area contributed by atoms with Gasteiger partial charge in [-0.3, -0.25) is 0 Å². The van der Waals surface area contributed by atoms with E-state index < -0.39 is 10.0 Å². The highest BCUT2D eigenvalue weighted by Gasteiger charge is 2.13. The first kappa shape index (κ1) is 20.2. The fourth-order valence-corrected chi connectivity index (χ4v) is 3.78. The lowest BCUT2D eigenvalue weighted by atomic mass is 10.1. The molecule has 3 aromatic carbocycles. The number of hydrogen-bond acceptors (Lipinski definition) is 4. The zero-order valence-electron chi connectivity index (χ0n) is 15.9. The minimum Gasteiger partial charge on any atom is -0.494 e. The molecule has 0 saturated heterocycles. The molecule has 0 amide bonds. The molecule has 0 bridgehead atoms. The molecular weight excluding hydrogens is 374 g/mol. The molecule has 0 fully saturated rings. The molecule has 3 rings (SSSR count). The summed E-state index contributed by atoms with van der Waals surface area (Å²) in [5.41, 5.74) is 0. The highest BCUT2D eigenvalue weighted by atomic mass is 32.2. The predicted molar refractivity (Wildman–Crippen MR) is 111 cm³/mol. The van der Waals surface area contributed by atoms with Crippen LogP contribution in [0, 0.1) is 0 Å². The van der Waals surface area contributed by atoms with Gasteiger partial charge in [-0.2, -0.15) is 0 Å². The first-order valence-corrected chi connectivity index (χ1v) is 10.9. The Labute approximate surface area is 166 Å². The smallest absolute Gasteiger partial charge is 0.240 e. The molecule has 6 heteroatoms. The maximum atomic E-state index is 12.5. The van der Waals surface area contributed by atoms with Crippen LogP contribution < -0.4 is 14.2 Å². The standard InChI is InChI=1S/C22H25NO4S/c1-2-3-15-26-20-9-11-21(12-10-20)27-16-14-23-28(24,25)22-13-8-18-6-4-5-7-19(18)17-22/h4-13,17,23H,2-3,14-16H2,1H3. The van der Waals surface area contributed by atoms with Crippen molar-refractivity contribution in [2.75, 3.05) is 19.8 Å². The van der Waals surface area contributed by atoms with Crippen molar-refractivity contribution in [3.63, 3.8) is 0 Å². The highest BCUT2D eigenvalue weighted by molar-refractivity contribution is 7.89. The molecule has 0 aliphatic rings. The molecule has 0 heterocycles. The fourth-order valence-electron chi connectivity index (χ4n) is 2.73. The summed E-state index contributed by atoms with van der Waals surface area (Å²) in [5, 5.41) is 1.90. The SMILES string of the molecule is CCCCOc1ccc(OCCNS(=O)(=O)c2ccc3ccccc3c2)cc1. The number of fused-ring (bicyclic) bond motifs is 1. The molecule has 0 unspecified atom stereocenters. The number of nitrogens with one attached hydrogen (secondary N) is 1. The molecule has 0 aromatic heterocycles. The molecule has 3 aromatic rings. The van der Waals surface area contributed by atoms with Gasteiger partial charge < -0.3 is 9.47 Å². The lowest BCUT2D eigenvalue weighted by Crippen LogP contribution is -2.28. The number of hydrogen-bond donors (Lipinski definition) is 1. The molecule has 1 N–H and O–H groups in total. The molecule has 0 atom stereocenters. The molecule has 0 radical (unpaired) electrons. The van der Waals surface area contributed by atoms with Crippen LogP contribution in [0.2, 0.25) is 0 Å². The van der Waals surface area contributed by atoms with Crippen molar-refractivity contribution in [2.45, 2.75) is 24.7 Å². The van der Waals surface area contributed by atoms with E-state index in [1.807, 2.05) is 54.6 Å². The first-order chi connectivity index (χ1) is 13.6. The number of ether oxygens (including phenoxy) is 2. The third kappa shape index (κ3) is 5.47. The lowest BCUT2D eigenvalue weighted by molar-refractivity contribution is 0.305. The Morgan fingerprint density at radius 1 is 0.821 bits per heavy atom. The van der Waals surface area contributed by atoms with Crippen LogP contribution in [0.1, 0.15) is 19.8 Å². The molecular formula is C22H25NO4S. The number of unbranched alkanes of at least 4 members (excludes halogenated alkanes) is 1. The van der Waals surface area contributed by atoms with Gasteiger partial charge in [0.2, 0.25) is 10.0 Å². The van der Waals surface area contributed by atoms with Gasteiger partial charge >= 0.3 is 0 Å². The van der Waals surface area contributed by atoms with E-state index in [0.29, 0.717) is 12.4 Å². The normalized spacial score (nSPS) is 11.5. The molecule has 0 spiro atoms. The molecule has 28 heavy (non-hydrogen) atoms. The number of sulfonamides is 1. The summed E-state index contributed by atoms with van der Waals surface area (Å²) < 4.78 is 38.7. The Bertz CT molecular complexity index is 1000. The third-order valence-electron chi connectivity index (χ3n) is 4.28. The monoisotopic (exact) mass is 399 g/mol. The molecule has 0 aliphatic heterocycles. The van der Waals surface area contributed by atoms with Crippen LogP contribution in [0.25, 0.3) is 10.8 Å². The summed E-state index contributed by atoms with van der Waals surface area (Å²) >= 11 is 0. The summed E-state index contributed by atoms with van der Waals surface area (Å²) in [6.45, 7) is 3.24. The maximum absolute atomic E-state index is 12.5. The Morgan fingerprint density at radius 3 is 2.14 bits per heavy atom. The van der Waals surface area contributed by atoms with E-state index in [2.05, 4.69) is 11.6 Å². The Hall–Kier alpha value is -2.57. The van der Waals surface area contributed by atoms with E-state index in [4.69, 9.17) is 9.47 Å². The largest absolute Gasteiger partial charge is 0.494 e. The quantitative estimate of drug-likeness (QED) is 0.514. The van der Waals surface area contributed by atoms with Gasteiger partial charge in [-0.25, -0.2) is 13.1 Å². The van der Waals surface area contributed by atoms with E-state index in [0.717, 1.165) is 29.4 Å². The Morgan fingerprint density at radius 2 is 1.46 bits per heavy atom. The van der Waals surface area contributed by atoms with Crippen molar-refractivity contribution >= 4 is 20.8 Å². The minimum absolute atomic E-state index is 0.184. The van der Waals surface area contributed by atoms with Crippen LogP contribution in [-0.2, 0) is 10.0 Å². The third-order valence-corrected chi connectivity index (χ3v) is 5.74. The van der Waals surface area contributed by atoms with E-state index >= 15 is 0 Å². The summed E-state index contributed by atoms with van der Waals surface area (Å²) in [5.74, 6) is 1.48. The first-order valence-electron chi connectivity index (χ1n) is 9.42. The van der Waals surface area contributed by atoms with E-state index in [9.17, 15) is 8.42 Å². The molecule has 0 saturated carbocycles. The second-order valence-electron chi connectivity index (χ2n) is 6.43. The number of rotatable bonds is 10. The summed E-state index contributed by atoms with van der Waals surface area (Å²) in [6.07, 6.45) is 2.12. The zero-order valence-corrected chi connectivity index (χ0v) is 16.7. The summed E-state index contributed by atoms with van der Waals surface area (Å²) in [7, 11) is -3.58. The average molecular weight is 400 g/mol. The summed E-state index contributed by atoms with van der Waals surface area (Å²) in [6, 6.07) is 20.1. The van der Waals surface area contributed by atoms with Crippen molar-refractivity contribution in [1.29, 1.82) is 0 Å². The minimum atomic E-state index is -3.58. The van der Waals surface area contributed by atoms with Gasteiger partial charge in [0.15, 0.2) is 0 Å². The van der Waals surface area contributed by atoms with Crippen molar-refractivity contribution in [3.05, 3.63) is 66.7 Å². The van der Waals surface area contributed by atoms with Crippen LogP contribution in [0.15, 0.2) is 71.6 Å². The van der Waals surface area contributed by atoms with Gasteiger partial charge in [0.25, 0.3) is 0 Å². The topological polar surface area (TPSA) is 64.6 Å². The second kappa shape index (κ2) is 9.57. The molecule has 0 aliphatic carbocycles. The second-order valence-corrected chi connectivity index (χ2v) is 8.20. The van der Waals surface area contributed by atoms with Crippen LogP contribution >= 0.6 is 0 Å². The Balaban J connectivity index is 1.49. The van der Waals surface area contributed by atoms with Crippen molar-refractivity contribution in [1.82, 2.24) is 4.72 Å². The van der Waals surface area contributed by atoms with Crippen molar-refractivity contribution in [2.24, 2.45) is 0 Å². The van der Waals surface area contributed by atoms with Crippen LogP contribution in [0.4, 0.5) is 0 Å². The van der Waals surface area contributed by atoms with Gasteiger partial charge in [0.1, 0.15) is 18.1 Å². The summed E-state index contributed by atoms with van der Waals surface area (Å²) in [4.78, 5) is 0.250. The highest BCUT2D eigenvalue weighted by Crippen LogP contribution is 2.19. The van der Waals surface area contributed by atoms with Crippen LogP contribution in [0.5, 0.6) is 11.5 Å². The Kier molecular flexibility index (Phi) is 6.90.